The van der Waals surface area contributed by atoms with E-state index in [1.165, 1.54) is 24.3 Å². The highest BCUT2D eigenvalue weighted by Crippen LogP contribution is 2.37. The number of hydrogen-bond acceptors (Lipinski definition) is 7. The minimum atomic E-state index is -4.32. The quantitative estimate of drug-likeness (QED) is 0.299. The molecule has 3 aromatic rings. The summed E-state index contributed by atoms with van der Waals surface area (Å²) in [5.74, 6) is -0.899. The molecule has 0 saturated carbocycles. The van der Waals surface area contributed by atoms with Crippen molar-refractivity contribution in [2.75, 3.05) is 6.61 Å². The fourth-order valence-corrected chi connectivity index (χ4v) is 10.7. The summed E-state index contributed by atoms with van der Waals surface area (Å²) in [7, 11) is -7.39. The van der Waals surface area contributed by atoms with Crippen LogP contribution in [0.25, 0.3) is 0 Å². The van der Waals surface area contributed by atoms with Crippen molar-refractivity contribution in [2.24, 2.45) is 0 Å². The topological polar surface area (TPSA) is 110 Å². The summed E-state index contributed by atoms with van der Waals surface area (Å²) in [5.41, 5.74) is -2.01. The number of aliphatic hydroxyl groups excluding tert-OH is 2. The van der Waals surface area contributed by atoms with Gasteiger partial charge in [-0.15, -0.1) is 0 Å². The summed E-state index contributed by atoms with van der Waals surface area (Å²) < 4.78 is 38.1. The first-order chi connectivity index (χ1) is 17.4. The van der Waals surface area contributed by atoms with Gasteiger partial charge in [0.05, 0.1) is 11.5 Å². The summed E-state index contributed by atoms with van der Waals surface area (Å²) in [5, 5.41) is 23.5. The van der Waals surface area contributed by atoms with Crippen LogP contribution in [0.2, 0.25) is 5.04 Å². The van der Waals surface area contributed by atoms with Crippen molar-refractivity contribution < 1.29 is 32.6 Å². The van der Waals surface area contributed by atoms with E-state index in [1.807, 2.05) is 60.7 Å². The molecule has 0 aliphatic heterocycles. The third kappa shape index (κ3) is 6.19. The highest BCUT2D eigenvalue weighted by molar-refractivity contribution is 7.92. The van der Waals surface area contributed by atoms with Gasteiger partial charge in [-0.25, -0.2) is 8.42 Å². The molecule has 0 unspecified atom stereocenters. The van der Waals surface area contributed by atoms with Crippen LogP contribution in [0.5, 0.6) is 0 Å². The number of rotatable bonds is 10. The number of aliphatic hydroxyl groups is 2. The number of ether oxygens (including phenoxy) is 1. The number of esters is 1. The van der Waals surface area contributed by atoms with Crippen molar-refractivity contribution in [3.05, 3.63) is 91.0 Å². The zero-order valence-electron chi connectivity index (χ0n) is 21.4. The smallest absolute Gasteiger partial charge is 0.304 e. The van der Waals surface area contributed by atoms with E-state index in [2.05, 4.69) is 20.8 Å². The first-order valence-electron chi connectivity index (χ1n) is 12.0. The second kappa shape index (κ2) is 11.7. The Bertz CT molecular complexity index is 1220. The largest absolute Gasteiger partial charge is 0.443 e. The predicted octanol–water partition coefficient (Wildman–Crippen LogP) is 2.65. The minimum Gasteiger partial charge on any atom is -0.443 e. The van der Waals surface area contributed by atoms with Gasteiger partial charge in [-0.3, -0.25) is 4.79 Å². The van der Waals surface area contributed by atoms with Crippen molar-refractivity contribution in [1.29, 1.82) is 0 Å². The number of carbonyl (C=O) groups is 1. The molecule has 3 aromatic carbocycles. The van der Waals surface area contributed by atoms with E-state index in [-0.39, 0.29) is 11.5 Å². The maximum absolute atomic E-state index is 13.2. The van der Waals surface area contributed by atoms with Gasteiger partial charge in [-0.05, 0) is 27.5 Å². The van der Waals surface area contributed by atoms with Crippen molar-refractivity contribution in [1.82, 2.24) is 0 Å². The molecular weight excluding hydrogens is 508 g/mol. The first-order valence-corrected chi connectivity index (χ1v) is 15.4. The monoisotopic (exact) mass is 542 g/mol. The van der Waals surface area contributed by atoms with Gasteiger partial charge in [-0.2, -0.15) is 0 Å². The van der Waals surface area contributed by atoms with Gasteiger partial charge >= 0.3 is 5.97 Å². The van der Waals surface area contributed by atoms with Gasteiger partial charge in [0.1, 0.15) is 12.2 Å². The maximum atomic E-state index is 13.2. The van der Waals surface area contributed by atoms with Crippen molar-refractivity contribution >= 4 is 34.5 Å². The highest BCUT2D eigenvalue weighted by Gasteiger charge is 2.51. The Balaban J connectivity index is 1.99. The minimum absolute atomic E-state index is 0.139. The zero-order chi connectivity index (χ0) is 27.3. The molecule has 3 rings (SSSR count). The molecule has 9 heteroatoms. The Morgan fingerprint density at radius 1 is 0.838 bits per heavy atom. The van der Waals surface area contributed by atoms with E-state index >= 15 is 0 Å². The van der Waals surface area contributed by atoms with E-state index in [1.54, 1.807) is 6.07 Å². The molecule has 198 valence electrons. The second-order valence-corrected chi connectivity index (χ2v) is 16.2. The molecule has 3 atom stereocenters. The van der Waals surface area contributed by atoms with Crippen LogP contribution in [0.3, 0.4) is 0 Å². The van der Waals surface area contributed by atoms with Crippen molar-refractivity contribution in [3.8, 4) is 0 Å². The van der Waals surface area contributed by atoms with Gasteiger partial charge in [0.15, 0.2) is 0 Å². The first kappa shape index (κ1) is 28.7. The zero-order valence-corrected chi connectivity index (χ0v) is 23.3. The van der Waals surface area contributed by atoms with Crippen LogP contribution in [-0.4, -0.2) is 57.2 Å². The normalized spacial score (nSPS) is 15.0. The average Bonchev–Trinajstić information content (AvgIpc) is 2.88. The van der Waals surface area contributed by atoms with Crippen LogP contribution in [0.15, 0.2) is 95.9 Å². The lowest BCUT2D eigenvalue weighted by atomic mass is 10.2. The lowest BCUT2D eigenvalue weighted by Gasteiger charge is -2.43. The summed E-state index contributed by atoms with van der Waals surface area (Å²) in [6, 6.07) is 26.8. The van der Waals surface area contributed by atoms with Crippen molar-refractivity contribution in [2.45, 2.75) is 55.3 Å². The molecule has 0 spiro atoms. The Labute approximate surface area is 219 Å². The molecule has 7 nitrogen and oxygen atoms in total. The van der Waals surface area contributed by atoms with Gasteiger partial charge in [0.2, 0.25) is 15.3 Å². The van der Waals surface area contributed by atoms with Crippen LogP contribution in [-0.2, 0) is 23.8 Å². The number of benzene rings is 3. The van der Waals surface area contributed by atoms with Gasteiger partial charge in [0.25, 0.3) is 8.32 Å². The van der Waals surface area contributed by atoms with Crippen LogP contribution < -0.4 is 10.4 Å². The molecule has 0 radical (unpaired) electrons. The fraction of sp³-hybridized carbons (Fsp3) is 0.321. The molecule has 0 saturated heterocycles. The van der Waals surface area contributed by atoms with E-state index in [0.29, 0.717) is 0 Å². The molecule has 0 aromatic heterocycles. The molecule has 0 heterocycles. The fourth-order valence-electron chi connectivity index (χ4n) is 4.48. The lowest BCUT2D eigenvalue weighted by molar-refractivity contribution is -0.150. The summed E-state index contributed by atoms with van der Waals surface area (Å²) >= 11 is 0. The van der Waals surface area contributed by atoms with Crippen molar-refractivity contribution in [3.63, 3.8) is 0 Å². The highest BCUT2D eigenvalue weighted by atomic mass is 32.2. The standard InChI is InChI=1S/C28H34O7SSi/c1-21(29)35-27(36(32,33)22-14-8-5-9-15-22)26(31)25(30)20-34-37(28(2,3)4,23-16-10-6-11-17-23)24-18-12-7-13-19-24/h5-19,25-27,30-31H,20H2,1-4H3/t25-,26+,27-/m0/s1. The number of hydrogen-bond donors (Lipinski definition) is 2. The lowest BCUT2D eigenvalue weighted by Crippen LogP contribution is -2.67. The molecule has 2 N–H and O–H groups in total. The Morgan fingerprint density at radius 3 is 1.68 bits per heavy atom. The third-order valence-corrected chi connectivity index (χ3v) is 13.1. The van der Waals surface area contributed by atoms with Gasteiger partial charge in [-0.1, -0.05) is 99.6 Å². The van der Waals surface area contributed by atoms with E-state index in [0.717, 1.165) is 17.3 Å². The Morgan fingerprint density at radius 2 is 1.27 bits per heavy atom. The SMILES string of the molecule is CC(=O)O[C@H]([C@H](O)[C@@H](O)CO[Si](c1ccccc1)(c1ccccc1)C(C)(C)C)S(=O)(=O)c1ccccc1. The third-order valence-electron chi connectivity index (χ3n) is 6.22. The number of sulfone groups is 1. The summed E-state index contributed by atoms with van der Waals surface area (Å²) in [6.07, 6.45) is -3.61. The summed E-state index contributed by atoms with van der Waals surface area (Å²) in [6.45, 7) is 6.85. The summed E-state index contributed by atoms with van der Waals surface area (Å²) in [4.78, 5) is 11.6. The van der Waals surface area contributed by atoms with Gasteiger partial charge in [0, 0.05) is 6.92 Å². The second-order valence-electron chi connectivity index (χ2n) is 9.87. The van der Waals surface area contributed by atoms with E-state index < -0.39 is 46.8 Å². The molecule has 0 aliphatic rings. The average molecular weight is 543 g/mol. The molecule has 37 heavy (non-hydrogen) atoms. The molecule has 0 bridgehead atoms. The van der Waals surface area contributed by atoms with Gasteiger partial charge < -0.3 is 19.4 Å². The Kier molecular flexibility index (Phi) is 9.09. The molecule has 0 amide bonds. The van der Waals surface area contributed by atoms with Crippen LogP contribution in [0.1, 0.15) is 27.7 Å². The van der Waals surface area contributed by atoms with E-state index in [4.69, 9.17) is 9.16 Å². The molecular formula is C28H34O7SSi. The van der Waals surface area contributed by atoms with Crippen LogP contribution >= 0.6 is 0 Å². The Hall–Kier alpha value is -2.82. The van der Waals surface area contributed by atoms with Crippen LogP contribution in [0.4, 0.5) is 0 Å². The predicted molar refractivity (Wildman–Crippen MR) is 145 cm³/mol. The molecule has 0 aliphatic carbocycles. The van der Waals surface area contributed by atoms with E-state index in [9.17, 15) is 23.4 Å². The van der Waals surface area contributed by atoms with Crippen LogP contribution in [0, 0.1) is 0 Å². The maximum Gasteiger partial charge on any atom is 0.304 e. The molecule has 0 fully saturated rings. The number of carbonyl (C=O) groups excluding carboxylic acids is 1.